The summed E-state index contributed by atoms with van der Waals surface area (Å²) in [4.78, 5) is 19.7. The van der Waals surface area contributed by atoms with Crippen LogP contribution in [-0.2, 0) is 17.4 Å². The summed E-state index contributed by atoms with van der Waals surface area (Å²) in [6, 6.07) is -0.537. The molecule has 3 rings (SSSR count). The van der Waals surface area contributed by atoms with E-state index in [4.69, 9.17) is 0 Å². The second-order valence-electron chi connectivity index (χ2n) is 7.58. The summed E-state index contributed by atoms with van der Waals surface area (Å²) in [7, 11) is 0. The van der Waals surface area contributed by atoms with Gasteiger partial charge in [0, 0.05) is 23.9 Å². The number of alkyl halides is 6. The highest BCUT2D eigenvalue weighted by molar-refractivity contribution is 5.76. The number of halogens is 6. The van der Waals surface area contributed by atoms with Gasteiger partial charge in [0.25, 0.3) is 11.6 Å². The predicted octanol–water partition coefficient (Wildman–Crippen LogP) is 3.93. The molecule has 2 aromatic rings. The maximum Gasteiger partial charge on any atom is 0.453 e. The lowest BCUT2D eigenvalue weighted by atomic mass is 9.85. The minimum Gasteiger partial charge on any atom is -0.353 e. The summed E-state index contributed by atoms with van der Waals surface area (Å²) in [5, 5.41) is 6.10. The molecule has 0 aromatic carbocycles. The molecule has 1 aliphatic carbocycles. The number of nitrogens with zero attached hydrogens (tertiary/aromatic N) is 4. The standard InChI is InChI=1S/C18H21F6N5O/c1-9-13(10(2)29-16(25-9)27-15(28-29)18(22,23)24)6-7-14(30)26-12-5-3-4-11(8-12)17(19,20)21/h11-12H,3-8H2,1-2H3,(H,26,30). The van der Waals surface area contributed by atoms with Gasteiger partial charge >= 0.3 is 12.4 Å². The minimum absolute atomic E-state index is 0.0249. The third-order valence-corrected chi connectivity index (χ3v) is 5.41. The van der Waals surface area contributed by atoms with Crippen molar-refractivity contribution in [2.45, 2.75) is 70.8 Å². The molecule has 1 N–H and O–H groups in total. The number of carbonyl (C=O) groups excluding carboxylic acids is 1. The molecule has 2 atom stereocenters. The van der Waals surface area contributed by atoms with E-state index in [0.717, 1.165) is 4.52 Å². The summed E-state index contributed by atoms with van der Waals surface area (Å²) in [6.07, 6.45) is -8.03. The molecule has 2 aromatic heterocycles. The van der Waals surface area contributed by atoms with Crippen LogP contribution in [0.25, 0.3) is 5.78 Å². The van der Waals surface area contributed by atoms with Gasteiger partial charge in [0.15, 0.2) is 0 Å². The van der Waals surface area contributed by atoms with Gasteiger partial charge in [0.1, 0.15) is 0 Å². The van der Waals surface area contributed by atoms with E-state index in [-0.39, 0.29) is 31.5 Å². The first-order valence-corrected chi connectivity index (χ1v) is 9.52. The molecule has 6 nitrogen and oxygen atoms in total. The van der Waals surface area contributed by atoms with Crippen molar-refractivity contribution in [1.29, 1.82) is 0 Å². The van der Waals surface area contributed by atoms with Gasteiger partial charge in [0.2, 0.25) is 5.91 Å². The Bertz CT molecular complexity index is 936. The highest BCUT2D eigenvalue weighted by Crippen LogP contribution is 2.37. The Hall–Kier alpha value is -2.40. The average molecular weight is 437 g/mol. The van der Waals surface area contributed by atoms with Gasteiger partial charge in [-0.2, -0.15) is 31.3 Å². The number of aromatic nitrogens is 4. The summed E-state index contributed by atoms with van der Waals surface area (Å²) in [6.45, 7) is 3.15. The molecule has 1 saturated carbocycles. The van der Waals surface area contributed by atoms with Gasteiger partial charge in [-0.15, -0.1) is 5.10 Å². The molecule has 2 unspecified atom stereocenters. The predicted molar refractivity (Wildman–Crippen MR) is 93.5 cm³/mol. The van der Waals surface area contributed by atoms with Gasteiger partial charge in [-0.3, -0.25) is 4.79 Å². The molecule has 1 amide bonds. The fourth-order valence-electron chi connectivity index (χ4n) is 3.85. The van der Waals surface area contributed by atoms with Gasteiger partial charge in [-0.1, -0.05) is 6.42 Å². The molecule has 0 aliphatic heterocycles. The molecule has 1 aliphatic rings. The zero-order valence-electron chi connectivity index (χ0n) is 16.4. The maximum absolute atomic E-state index is 12.9. The van der Waals surface area contributed by atoms with Crippen molar-refractivity contribution >= 4 is 11.7 Å². The third-order valence-electron chi connectivity index (χ3n) is 5.41. The van der Waals surface area contributed by atoms with Gasteiger partial charge in [-0.05, 0) is 45.1 Å². The van der Waals surface area contributed by atoms with Crippen molar-refractivity contribution in [3.05, 3.63) is 22.8 Å². The van der Waals surface area contributed by atoms with Crippen molar-refractivity contribution in [1.82, 2.24) is 24.9 Å². The number of hydrogen-bond acceptors (Lipinski definition) is 4. The van der Waals surface area contributed by atoms with Crippen molar-refractivity contribution in [3.8, 4) is 0 Å². The molecule has 2 heterocycles. The first-order valence-electron chi connectivity index (χ1n) is 9.52. The molecule has 0 radical (unpaired) electrons. The topological polar surface area (TPSA) is 72.2 Å². The van der Waals surface area contributed by atoms with E-state index in [1.807, 2.05) is 0 Å². The Labute approximate surface area is 168 Å². The normalized spacial score (nSPS) is 20.5. The average Bonchev–Trinajstić information content (AvgIpc) is 3.05. The van der Waals surface area contributed by atoms with Gasteiger partial charge in [-0.25, -0.2) is 9.50 Å². The van der Waals surface area contributed by atoms with E-state index < -0.39 is 36.0 Å². The van der Waals surface area contributed by atoms with Crippen LogP contribution in [0.1, 0.15) is 54.9 Å². The van der Waals surface area contributed by atoms with Crippen molar-refractivity contribution in [2.75, 3.05) is 0 Å². The lowest BCUT2D eigenvalue weighted by Gasteiger charge is -2.31. The summed E-state index contributed by atoms with van der Waals surface area (Å²) in [5.41, 5.74) is 1.35. The molecule has 166 valence electrons. The van der Waals surface area contributed by atoms with Crippen LogP contribution < -0.4 is 5.32 Å². The zero-order valence-corrected chi connectivity index (χ0v) is 16.4. The van der Waals surface area contributed by atoms with Crippen LogP contribution in [0.4, 0.5) is 26.3 Å². The summed E-state index contributed by atoms with van der Waals surface area (Å²) >= 11 is 0. The highest BCUT2D eigenvalue weighted by Gasteiger charge is 2.42. The van der Waals surface area contributed by atoms with Gasteiger partial charge < -0.3 is 5.32 Å². The van der Waals surface area contributed by atoms with Crippen LogP contribution in [-0.4, -0.2) is 37.7 Å². The van der Waals surface area contributed by atoms with Crippen molar-refractivity contribution in [3.63, 3.8) is 0 Å². The van der Waals surface area contributed by atoms with E-state index in [1.165, 1.54) is 0 Å². The fraction of sp³-hybridized carbons (Fsp3) is 0.667. The third kappa shape index (κ3) is 4.84. The maximum atomic E-state index is 12.9. The second kappa shape index (κ2) is 8.03. The Kier molecular flexibility index (Phi) is 5.96. The van der Waals surface area contributed by atoms with Crippen molar-refractivity contribution < 1.29 is 31.1 Å². The van der Waals surface area contributed by atoms with E-state index in [9.17, 15) is 31.1 Å². The van der Waals surface area contributed by atoms with Crippen LogP contribution in [0.5, 0.6) is 0 Å². The summed E-state index contributed by atoms with van der Waals surface area (Å²) in [5.74, 6) is -3.31. The number of amides is 1. The molecule has 30 heavy (non-hydrogen) atoms. The first-order chi connectivity index (χ1) is 13.9. The summed E-state index contributed by atoms with van der Waals surface area (Å²) < 4.78 is 78.3. The molecule has 0 spiro atoms. The van der Waals surface area contributed by atoms with E-state index >= 15 is 0 Å². The zero-order chi connectivity index (χ0) is 22.3. The van der Waals surface area contributed by atoms with Crippen LogP contribution in [0.2, 0.25) is 0 Å². The van der Waals surface area contributed by atoms with Crippen molar-refractivity contribution in [2.24, 2.45) is 5.92 Å². The smallest absolute Gasteiger partial charge is 0.353 e. The first kappa shape index (κ1) is 22.3. The number of fused-ring (bicyclic) bond motifs is 1. The Morgan fingerprint density at radius 3 is 2.47 bits per heavy atom. The number of hydrogen-bond donors (Lipinski definition) is 1. The number of nitrogens with one attached hydrogen (secondary N) is 1. The molecule has 0 saturated heterocycles. The molecule has 0 bridgehead atoms. The van der Waals surface area contributed by atoms with E-state index in [2.05, 4.69) is 20.4 Å². The largest absolute Gasteiger partial charge is 0.453 e. The number of rotatable bonds is 4. The van der Waals surface area contributed by atoms with E-state index in [0.29, 0.717) is 29.8 Å². The monoisotopic (exact) mass is 437 g/mol. The second-order valence-corrected chi connectivity index (χ2v) is 7.58. The van der Waals surface area contributed by atoms with Crippen LogP contribution in [0.3, 0.4) is 0 Å². The molecule has 1 fully saturated rings. The Balaban J connectivity index is 1.67. The SMILES string of the molecule is Cc1nc2nc(C(F)(F)F)nn2c(C)c1CCC(=O)NC1CCCC(C(F)(F)F)C1. The van der Waals surface area contributed by atoms with Crippen LogP contribution in [0.15, 0.2) is 0 Å². The van der Waals surface area contributed by atoms with E-state index in [1.54, 1.807) is 13.8 Å². The lowest BCUT2D eigenvalue weighted by molar-refractivity contribution is -0.184. The van der Waals surface area contributed by atoms with Crippen LogP contribution >= 0.6 is 0 Å². The van der Waals surface area contributed by atoms with Gasteiger partial charge in [0.05, 0.1) is 5.92 Å². The highest BCUT2D eigenvalue weighted by atomic mass is 19.4. The molecular formula is C18H21F6N5O. The molecule has 12 heteroatoms. The quantitative estimate of drug-likeness (QED) is 0.736. The Morgan fingerprint density at radius 2 is 1.83 bits per heavy atom. The molecular weight excluding hydrogens is 416 g/mol. The fourth-order valence-corrected chi connectivity index (χ4v) is 3.85. The Morgan fingerprint density at radius 1 is 1.13 bits per heavy atom. The van der Waals surface area contributed by atoms with Crippen LogP contribution in [0, 0.1) is 19.8 Å². The number of carbonyl (C=O) groups is 1. The minimum atomic E-state index is -4.71. The lowest BCUT2D eigenvalue weighted by Crippen LogP contribution is -2.41. The number of aryl methyl sites for hydroxylation is 2.